The number of carbonyl (C=O) groups excluding carboxylic acids is 1. The van der Waals surface area contributed by atoms with E-state index < -0.39 is 0 Å². The Kier molecular flexibility index (Phi) is 4.74. The summed E-state index contributed by atoms with van der Waals surface area (Å²) in [6.07, 6.45) is 7.63. The molecular formula is C18H23N5O. The molecule has 0 saturated heterocycles. The van der Waals surface area contributed by atoms with E-state index in [0.717, 1.165) is 25.0 Å². The molecule has 126 valence electrons. The lowest BCUT2D eigenvalue weighted by atomic mass is 9.90. The molecule has 0 aromatic carbocycles. The Hall–Kier alpha value is -2.50. The van der Waals surface area contributed by atoms with Gasteiger partial charge in [0, 0.05) is 18.9 Å². The molecule has 1 amide bonds. The summed E-state index contributed by atoms with van der Waals surface area (Å²) in [5, 5.41) is 0. The first-order chi connectivity index (χ1) is 11.6. The third-order valence-corrected chi connectivity index (χ3v) is 4.34. The number of aromatic nitrogens is 3. The molecule has 0 bridgehead atoms. The van der Waals surface area contributed by atoms with E-state index in [0.29, 0.717) is 18.0 Å². The Bertz CT molecular complexity index is 731. The van der Waals surface area contributed by atoms with Crippen LogP contribution in [0.3, 0.4) is 0 Å². The number of pyridine rings is 1. The number of nitrogen functional groups attached to an aromatic ring is 1. The summed E-state index contributed by atoms with van der Waals surface area (Å²) in [5.41, 5.74) is 8.50. The van der Waals surface area contributed by atoms with Crippen molar-refractivity contribution >= 4 is 11.7 Å². The first-order valence-electron chi connectivity index (χ1n) is 8.38. The van der Waals surface area contributed by atoms with E-state index in [9.17, 15) is 4.79 Å². The highest BCUT2D eigenvalue weighted by molar-refractivity contribution is 5.98. The van der Waals surface area contributed by atoms with Gasteiger partial charge in [-0.3, -0.25) is 9.78 Å². The normalized spacial score (nSPS) is 16.7. The minimum absolute atomic E-state index is 0.0237. The summed E-state index contributed by atoms with van der Waals surface area (Å²) in [4.78, 5) is 27.5. The molecule has 24 heavy (non-hydrogen) atoms. The molecule has 1 aliphatic rings. The molecule has 6 heteroatoms. The predicted octanol–water partition coefficient (Wildman–Crippen LogP) is 2.63. The van der Waals surface area contributed by atoms with Crippen LogP contribution in [0, 0.1) is 5.92 Å². The second-order valence-electron chi connectivity index (χ2n) is 6.63. The Labute approximate surface area is 142 Å². The van der Waals surface area contributed by atoms with Crippen molar-refractivity contribution in [1.29, 1.82) is 0 Å². The summed E-state index contributed by atoms with van der Waals surface area (Å²) in [6, 6.07) is 4.04. The number of carbonyl (C=O) groups is 1. The average molecular weight is 325 g/mol. The minimum atomic E-state index is -0.120. The molecule has 2 aromatic rings. The number of nitrogens with zero attached hydrogens (tertiary/aromatic N) is 4. The lowest BCUT2D eigenvalue weighted by Gasteiger charge is -2.36. The van der Waals surface area contributed by atoms with E-state index in [4.69, 9.17) is 5.73 Å². The molecule has 0 radical (unpaired) electrons. The molecular weight excluding hydrogens is 302 g/mol. The van der Waals surface area contributed by atoms with Gasteiger partial charge in [-0.15, -0.1) is 0 Å². The van der Waals surface area contributed by atoms with Gasteiger partial charge in [-0.25, -0.2) is 9.97 Å². The smallest absolute Gasteiger partial charge is 0.259 e. The monoisotopic (exact) mass is 325 g/mol. The number of anilines is 1. The first kappa shape index (κ1) is 16.4. The fourth-order valence-corrected chi connectivity index (χ4v) is 3.29. The zero-order chi connectivity index (χ0) is 17.1. The van der Waals surface area contributed by atoms with Crippen molar-refractivity contribution in [2.75, 3.05) is 12.3 Å². The minimum Gasteiger partial charge on any atom is -0.383 e. The van der Waals surface area contributed by atoms with E-state index >= 15 is 0 Å². The molecule has 0 fully saturated rings. The van der Waals surface area contributed by atoms with Gasteiger partial charge in [0.15, 0.2) is 0 Å². The van der Waals surface area contributed by atoms with Crippen LogP contribution in [-0.2, 0) is 6.42 Å². The van der Waals surface area contributed by atoms with E-state index in [1.807, 2.05) is 11.0 Å². The summed E-state index contributed by atoms with van der Waals surface area (Å²) in [7, 11) is 0. The van der Waals surface area contributed by atoms with Gasteiger partial charge in [0.05, 0.1) is 11.7 Å². The second-order valence-corrected chi connectivity index (χ2v) is 6.63. The van der Waals surface area contributed by atoms with Gasteiger partial charge in [-0.2, -0.15) is 0 Å². The van der Waals surface area contributed by atoms with Gasteiger partial charge < -0.3 is 10.6 Å². The lowest BCUT2D eigenvalue weighted by Crippen LogP contribution is -2.40. The topological polar surface area (TPSA) is 85.0 Å². The zero-order valence-corrected chi connectivity index (χ0v) is 14.1. The number of amides is 1. The standard InChI is InChI=1S/C18H23N5O/c1-12(2)10-23(18(24)14-9-20-11-22-17(14)19)15-7-3-5-13-6-4-8-21-16(13)15/h4,6,8-9,11-12,15H,3,5,7,10H2,1-2H3,(H2,19,20,22). The highest BCUT2D eigenvalue weighted by Gasteiger charge is 2.32. The third-order valence-electron chi connectivity index (χ3n) is 4.34. The van der Waals surface area contributed by atoms with Gasteiger partial charge >= 0.3 is 0 Å². The lowest BCUT2D eigenvalue weighted by molar-refractivity contribution is 0.0623. The quantitative estimate of drug-likeness (QED) is 0.934. The van der Waals surface area contributed by atoms with Crippen molar-refractivity contribution in [2.45, 2.75) is 39.2 Å². The van der Waals surface area contributed by atoms with Gasteiger partial charge in [-0.1, -0.05) is 19.9 Å². The Morgan fingerprint density at radius 2 is 2.25 bits per heavy atom. The van der Waals surface area contributed by atoms with Crippen LogP contribution in [0.1, 0.15) is 54.3 Å². The third kappa shape index (κ3) is 3.22. The molecule has 0 aliphatic heterocycles. The summed E-state index contributed by atoms with van der Waals surface area (Å²) in [5.74, 6) is 0.444. The van der Waals surface area contributed by atoms with Crippen LogP contribution in [0.2, 0.25) is 0 Å². The van der Waals surface area contributed by atoms with Gasteiger partial charge in [0.25, 0.3) is 5.91 Å². The van der Waals surface area contributed by atoms with Crippen molar-refractivity contribution in [3.8, 4) is 0 Å². The SMILES string of the molecule is CC(C)CN(C(=O)c1cncnc1N)C1CCCc2cccnc21. The number of fused-ring (bicyclic) bond motifs is 1. The molecule has 2 N–H and O–H groups in total. The summed E-state index contributed by atoms with van der Waals surface area (Å²) < 4.78 is 0. The van der Waals surface area contributed by atoms with Gasteiger partial charge in [0.1, 0.15) is 17.7 Å². The van der Waals surface area contributed by atoms with E-state index in [1.54, 1.807) is 6.20 Å². The number of nitrogens with two attached hydrogens (primary N) is 1. The largest absolute Gasteiger partial charge is 0.383 e. The van der Waals surface area contributed by atoms with Crippen LogP contribution in [0.15, 0.2) is 30.9 Å². The maximum absolute atomic E-state index is 13.1. The fraction of sp³-hybridized carbons (Fsp3) is 0.444. The second kappa shape index (κ2) is 6.95. The molecule has 6 nitrogen and oxygen atoms in total. The van der Waals surface area contributed by atoms with Crippen molar-refractivity contribution in [1.82, 2.24) is 19.9 Å². The molecule has 1 aliphatic carbocycles. The van der Waals surface area contributed by atoms with Crippen molar-refractivity contribution < 1.29 is 4.79 Å². The maximum atomic E-state index is 13.1. The number of hydrogen-bond acceptors (Lipinski definition) is 5. The number of aryl methyl sites for hydroxylation is 1. The van der Waals surface area contributed by atoms with Crippen LogP contribution in [-0.4, -0.2) is 32.3 Å². The van der Waals surface area contributed by atoms with Crippen LogP contribution < -0.4 is 5.73 Å². The molecule has 0 spiro atoms. The highest BCUT2D eigenvalue weighted by Crippen LogP contribution is 2.34. The van der Waals surface area contributed by atoms with Crippen LogP contribution in [0.4, 0.5) is 5.82 Å². The Morgan fingerprint density at radius 3 is 3.00 bits per heavy atom. The Morgan fingerprint density at radius 1 is 1.42 bits per heavy atom. The van der Waals surface area contributed by atoms with E-state index in [1.165, 1.54) is 18.1 Å². The highest BCUT2D eigenvalue weighted by atomic mass is 16.2. The van der Waals surface area contributed by atoms with Crippen LogP contribution in [0.25, 0.3) is 0 Å². The van der Waals surface area contributed by atoms with Crippen LogP contribution in [0.5, 0.6) is 0 Å². The van der Waals surface area contributed by atoms with Crippen LogP contribution >= 0.6 is 0 Å². The van der Waals surface area contributed by atoms with Crippen molar-refractivity contribution in [2.24, 2.45) is 5.92 Å². The molecule has 1 unspecified atom stereocenters. The predicted molar refractivity (Wildman–Crippen MR) is 92.2 cm³/mol. The first-order valence-corrected chi connectivity index (χ1v) is 8.38. The fourth-order valence-electron chi connectivity index (χ4n) is 3.29. The molecule has 2 aromatic heterocycles. The van der Waals surface area contributed by atoms with E-state index in [2.05, 4.69) is 34.9 Å². The maximum Gasteiger partial charge on any atom is 0.259 e. The number of rotatable bonds is 4. The average Bonchev–Trinajstić information content (AvgIpc) is 2.59. The zero-order valence-electron chi connectivity index (χ0n) is 14.1. The number of hydrogen-bond donors (Lipinski definition) is 1. The molecule has 0 saturated carbocycles. The molecule has 1 atom stereocenters. The Balaban J connectivity index is 1.99. The summed E-state index contributed by atoms with van der Waals surface area (Å²) in [6.45, 7) is 4.86. The summed E-state index contributed by atoms with van der Waals surface area (Å²) >= 11 is 0. The molecule has 2 heterocycles. The van der Waals surface area contributed by atoms with Crippen molar-refractivity contribution in [3.05, 3.63) is 47.7 Å². The van der Waals surface area contributed by atoms with Gasteiger partial charge in [-0.05, 0) is 36.8 Å². The van der Waals surface area contributed by atoms with Crippen molar-refractivity contribution in [3.63, 3.8) is 0 Å². The molecule has 3 rings (SSSR count). The van der Waals surface area contributed by atoms with Gasteiger partial charge in [0.2, 0.25) is 0 Å². The van der Waals surface area contributed by atoms with E-state index in [-0.39, 0.29) is 17.8 Å².